The third-order valence-corrected chi connectivity index (χ3v) is 4.97. The van der Waals surface area contributed by atoms with E-state index in [-0.39, 0.29) is 11.4 Å². The van der Waals surface area contributed by atoms with Crippen molar-refractivity contribution in [3.63, 3.8) is 0 Å². The zero-order valence-corrected chi connectivity index (χ0v) is 13.1. The van der Waals surface area contributed by atoms with Gasteiger partial charge in [-0.2, -0.15) is 0 Å². The van der Waals surface area contributed by atoms with E-state index in [4.69, 9.17) is 0 Å². The van der Waals surface area contributed by atoms with Gasteiger partial charge in [0.05, 0.1) is 0 Å². The fraction of sp³-hybridized carbons (Fsp3) is 0.611. The average molecular weight is 286 g/mol. The lowest BCUT2D eigenvalue weighted by Crippen LogP contribution is -2.48. The first-order chi connectivity index (χ1) is 10.1. The molecule has 1 heterocycles. The molecule has 1 aliphatic carbocycles. The van der Waals surface area contributed by atoms with Crippen LogP contribution in [0, 0.1) is 11.8 Å². The first kappa shape index (κ1) is 14.4. The van der Waals surface area contributed by atoms with Crippen molar-refractivity contribution in [3.8, 4) is 0 Å². The summed E-state index contributed by atoms with van der Waals surface area (Å²) in [7, 11) is 0. The minimum atomic E-state index is 0.121. The fourth-order valence-electron chi connectivity index (χ4n) is 3.70. The van der Waals surface area contributed by atoms with E-state index in [0.29, 0.717) is 11.8 Å². The van der Waals surface area contributed by atoms with Gasteiger partial charge >= 0.3 is 6.03 Å². The van der Waals surface area contributed by atoms with Gasteiger partial charge in [-0.25, -0.2) is 4.79 Å². The summed E-state index contributed by atoms with van der Waals surface area (Å²) in [6, 6.07) is 10.7. The van der Waals surface area contributed by atoms with Crippen molar-refractivity contribution in [2.75, 3.05) is 19.6 Å². The lowest BCUT2D eigenvalue weighted by molar-refractivity contribution is 0.145. The molecule has 3 heteroatoms. The van der Waals surface area contributed by atoms with Gasteiger partial charge in [-0.1, -0.05) is 44.2 Å². The van der Waals surface area contributed by atoms with Crippen LogP contribution < -0.4 is 5.32 Å². The molecule has 21 heavy (non-hydrogen) atoms. The largest absolute Gasteiger partial charge is 0.337 e. The van der Waals surface area contributed by atoms with Crippen molar-refractivity contribution in [3.05, 3.63) is 35.9 Å². The second kappa shape index (κ2) is 5.70. The van der Waals surface area contributed by atoms with E-state index in [1.165, 1.54) is 24.8 Å². The summed E-state index contributed by atoms with van der Waals surface area (Å²) < 4.78 is 0. The highest BCUT2D eigenvalue weighted by Crippen LogP contribution is 2.47. The van der Waals surface area contributed by atoms with E-state index >= 15 is 0 Å². The molecule has 3 rings (SSSR count). The topological polar surface area (TPSA) is 32.3 Å². The number of rotatable bonds is 3. The molecule has 0 radical (unpaired) electrons. The minimum Gasteiger partial charge on any atom is -0.337 e. The Morgan fingerprint density at radius 3 is 2.38 bits per heavy atom. The van der Waals surface area contributed by atoms with Crippen LogP contribution in [0.3, 0.4) is 0 Å². The molecule has 0 spiro atoms. The summed E-state index contributed by atoms with van der Waals surface area (Å²) in [4.78, 5) is 14.4. The Bertz CT molecular complexity index is 485. The quantitative estimate of drug-likeness (QED) is 0.907. The predicted molar refractivity (Wildman–Crippen MR) is 85.3 cm³/mol. The van der Waals surface area contributed by atoms with E-state index in [1.807, 2.05) is 4.90 Å². The molecule has 0 aromatic heterocycles. The number of nitrogens with one attached hydrogen (secondary N) is 1. The zero-order valence-electron chi connectivity index (χ0n) is 13.1. The number of nitrogens with zero attached hydrogens (tertiary/aromatic N) is 1. The lowest BCUT2D eigenvalue weighted by Gasteiger charge is -2.35. The highest BCUT2D eigenvalue weighted by Gasteiger charge is 2.44. The number of carbonyl (C=O) groups is 1. The number of piperidine rings is 1. The van der Waals surface area contributed by atoms with Gasteiger partial charge in [0.1, 0.15) is 0 Å². The first-order valence-electron chi connectivity index (χ1n) is 8.17. The maximum Gasteiger partial charge on any atom is 0.317 e. The maximum atomic E-state index is 12.4. The van der Waals surface area contributed by atoms with Crippen LogP contribution in [0.1, 0.15) is 38.7 Å². The van der Waals surface area contributed by atoms with Gasteiger partial charge < -0.3 is 10.2 Å². The number of amides is 2. The van der Waals surface area contributed by atoms with E-state index in [9.17, 15) is 4.79 Å². The predicted octanol–water partition coefficient (Wildman–Crippen LogP) is 3.41. The molecule has 1 aromatic rings. The van der Waals surface area contributed by atoms with Crippen LogP contribution in [0.4, 0.5) is 4.79 Å². The molecule has 2 fully saturated rings. The molecule has 1 aliphatic heterocycles. The number of urea groups is 1. The molecule has 2 amide bonds. The average Bonchev–Trinajstić information content (AvgIpc) is 3.26. The monoisotopic (exact) mass is 286 g/mol. The van der Waals surface area contributed by atoms with Crippen molar-refractivity contribution in [1.29, 1.82) is 0 Å². The zero-order chi connectivity index (χ0) is 14.9. The summed E-state index contributed by atoms with van der Waals surface area (Å²) in [6.07, 6.45) is 3.60. The molecule has 3 nitrogen and oxygen atoms in total. The van der Waals surface area contributed by atoms with E-state index in [1.54, 1.807) is 0 Å². The molecule has 0 bridgehead atoms. The van der Waals surface area contributed by atoms with Gasteiger partial charge in [-0.05, 0) is 36.7 Å². The molecular formula is C18H26N2O. The lowest BCUT2D eigenvalue weighted by atomic mass is 9.92. The van der Waals surface area contributed by atoms with Gasteiger partial charge in [0.15, 0.2) is 0 Å². The smallest absolute Gasteiger partial charge is 0.317 e. The first-order valence-corrected chi connectivity index (χ1v) is 8.17. The number of hydrogen-bond acceptors (Lipinski definition) is 1. The second-order valence-electron chi connectivity index (χ2n) is 7.16. The highest BCUT2D eigenvalue weighted by atomic mass is 16.2. The molecule has 2 atom stereocenters. The van der Waals surface area contributed by atoms with E-state index in [2.05, 4.69) is 49.5 Å². The van der Waals surface area contributed by atoms with Crippen LogP contribution in [0.2, 0.25) is 0 Å². The molecule has 114 valence electrons. The van der Waals surface area contributed by atoms with Crippen molar-refractivity contribution in [1.82, 2.24) is 10.2 Å². The van der Waals surface area contributed by atoms with Crippen LogP contribution in [-0.2, 0) is 5.41 Å². The summed E-state index contributed by atoms with van der Waals surface area (Å²) in [5.74, 6) is 1.23. The van der Waals surface area contributed by atoms with Gasteiger partial charge in [-0.15, -0.1) is 0 Å². The molecule has 1 aromatic carbocycles. The number of hydrogen-bond donors (Lipinski definition) is 1. The summed E-state index contributed by atoms with van der Waals surface area (Å²) in [5, 5.41) is 3.18. The molecule has 2 unspecified atom stereocenters. The van der Waals surface area contributed by atoms with Crippen LogP contribution in [0.5, 0.6) is 0 Å². The van der Waals surface area contributed by atoms with Crippen LogP contribution in [0.25, 0.3) is 0 Å². The van der Waals surface area contributed by atoms with E-state index in [0.717, 1.165) is 19.6 Å². The minimum absolute atomic E-state index is 0.121. The summed E-state index contributed by atoms with van der Waals surface area (Å²) in [6.45, 7) is 7.04. The molecule has 1 saturated carbocycles. The molecule has 1 saturated heterocycles. The number of benzene rings is 1. The maximum absolute atomic E-state index is 12.4. The second-order valence-corrected chi connectivity index (χ2v) is 7.16. The number of carbonyl (C=O) groups excluding carboxylic acids is 1. The summed E-state index contributed by atoms with van der Waals surface area (Å²) >= 11 is 0. The van der Waals surface area contributed by atoms with Gasteiger partial charge in [0.2, 0.25) is 0 Å². The van der Waals surface area contributed by atoms with Crippen molar-refractivity contribution in [2.24, 2.45) is 11.8 Å². The van der Waals surface area contributed by atoms with Crippen molar-refractivity contribution < 1.29 is 4.79 Å². The fourth-order valence-corrected chi connectivity index (χ4v) is 3.70. The van der Waals surface area contributed by atoms with Crippen LogP contribution in [-0.4, -0.2) is 30.6 Å². The van der Waals surface area contributed by atoms with Gasteiger partial charge in [0, 0.05) is 25.0 Å². The van der Waals surface area contributed by atoms with Crippen molar-refractivity contribution in [2.45, 2.75) is 38.5 Å². The molecule has 1 N–H and O–H groups in total. The number of likely N-dealkylation sites (tertiary alicyclic amines) is 1. The highest BCUT2D eigenvalue weighted by molar-refractivity contribution is 5.74. The van der Waals surface area contributed by atoms with E-state index < -0.39 is 0 Å². The normalized spacial score (nSPS) is 27.2. The third-order valence-electron chi connectivity index (χ3n) is 4.97. The van der Waals surface area contributed by atoms with Gasteiger partial charge in [-0.3, -0.25) is 0 Å². The molecular weight excluding hydrogens is 260 g/mol. The Labute approximate surface area is 127 Å². The Morgan fingerprint density at radius 1 is 1.19 bits per heavy atom. The summed E-state index contributed by atoms with van der Waals surface area (Å²) in [5.41, 5.74) is 1.56. The van der Waals surface area contributed by atoms with Crippen molar-refractivity contribution >= 4 is 6.03 Å². The van der Waals surface area contributed by atoms with Gasteiger partial charge in [0.25, 0.3) is 0 Å². The van der Waals surface area contributed by atoms with Crippen LogP contribution in [0.15, 0.2) is 30.3 Å². The van der Waals surface area contributed by atoms with Crippen LogP contribution >= 0.6 is 0 Å². The Hall–Kier alpha value is -1.51. The molecule has 2 aliphatic rings. The standard InChI is InChI=1S/C18H26N2O/c1-14-10-15(2)12-20(11-14)17(21)19-13-18(8-9-18)16-6-4-3-5-7-16/h3-7,14-15H,8-13H2,1-2H3,(H,19,21). The third kappa shape index (κ3) is 3.22. The Kier molecular flexibility index (Phi) is 3.92. The Morgan fingerprint density at radius 2 is 1.81 bits per heavy atom. The Balaban J connectivity index is 1.57. The SMILES string of the molecule is CC1CC(C)CN(C(=O)NCC2(c3ccccc3)CC2)C1.